The SMILES string of the molecule is COc1cccc(-n2c(SCC(=O)NCCc3ccc(OC)c(OC)c3)nc3n[nH]c(C)c3c2=N)c1. The third kappa shape index (κ3) is 5.30. The molecule has 36 heavy (non-hydrogen) atoms. The van der Waals surface area contributed by atoms with Crippen molar-refractivity contribution < 1.29 is 19.0 Å². The molecule has 3 N–H and O–H groups in total. The van der Waals surface area contributed by atoms with E-state index in [1.54, 1.807) is 25.9 Å². The molecule has 0 aliphatic heterocycles. The van der Waals surface area contributed by atoms with Gasteiger partial charge in [0.05, 0.1) is 38.2 Å². The molecule has 0 spiro atoms. The Bertz CT molecular complexity index is 1450. The molecule has 2 aromatic carbocycles. The van der Waals surface area contributed by atoms with Crippen LogP contribution in [0.1, 0.15) is 11.3 Å². The zero-order chi connectivity index (χ0) is 25.7. The molecule has 0 bridgehead atoms. The number of H-pyrrole nitrogens is 1. The van der Waals surface area contributed by atoms with Crippen LogP contribution in [0.5, 0.6) is 17.2 Å². The summed E-state index contributed by atoms with van der Waals surface area (Å²) in [6.45, 7) is 2.32. The van der Waals surface area contributed by atoms with Crippen LogP contribution in [0.15, 0.2) is 47.6 Å². The van der Waals surface area contributed by atoms with Crippen LogP contribution in [-0.4, -0.2) is 59.3 Å². The molecule has 188 valence electrons. The van der Waals surface area contributed by atoms with Crippen molar-refractivity contribution in [2.24, 2.45) is 0 Å². The molecule has 0 aliphatic carbocycles. The van der Waals surface area contributed by atoms with Crippen LogP contribution >= 0.6 is 11.8 Å². The van der Waals surface area contributed by atoms with Crippen LogP contribution < -0.4 is 25.0 Å². The highest BCUT2D eigenvalue weighted by atomic mass is 32.2. The van der Waals surface area contributed by atoms with Gasteiger partial charge in [-0.25, -0.2) is 4.98 Å². The van der Waals surface area contributed by atoms with E-state index < -0.39 is 0 Å². The second-order valence-electron chi connectivity index (χ2n) is 7.91. The van der Waals surface area contributed by atoms with Gasteiger partial charge in [0.15, 0.2) is 22.3 Å². The summed E-state index contributed by atoms with van der Waals surface area (Å²) in [5, 5.41) is 20.0. The number of nitrogens with one attached hydrogen (secondary N) is 3. The van der Waals surface area contributed by atoms with Crippen molar-refractivity contribution in [3.05, 3.63) is 59.2 Å². The number of ether oxygens (including phenoxy) is 3. The number of rotatable bonds is 10. The number of carbonyl (C=O) groups is 1. The summed E-state index contributed by atoms with van der Waals surface area (Å²) in [5.74, 6) is 1.98. The van der Waals surface area contributed by atoms with Crippen molar-refractivity contribution in [2.75, 3.05) is 33.6 Å². The minimum absolute atomic E-state index is 0.135. The van der Waals surface area contributed by atoms with E-state index >= 15 is 0 Å². The highest BCUT2D eigenvalue weighted by Crippen LogP contribution is 2.27. The molecule has 0 atom stereocenters. The van der Waals surface area contributed by atoms with Crippen LogP contribution in [0.3, 0.4) is 0 Å². The molecule has 0 radical (unpaired) electrons. The van der Waals surface area contributed by atoms with E-state index in [9.17, 15) is 4.79 Å². The number of carbonyl (C=O) groups excluding carboxylic acids is 1. The summed E-state index contributed by atoms with van der Waals surface area (Å²) in [5.41, 5.74) is 3.16. The number of thioether (sulfide) groups is 1. The lowest BCUT2D eigenvalue weighted by Gasteiger charge is -2.14. The Hall–Kier alpha value is -3.99. The Morgan fingerprint density at radius 3 is 2.67 bits per heavy atom. The quantitative estimate of drug-likeness (QED) is 0.222. The number of methoxy groups -OCH3 is 3. The fourth-order valence-corrected chi connectivity index (χ4v) is 4.62. The number of hydrogen-bond acceptors (Lipinski definition) is 8. The van der Waals surface area contributed by atoms with Crippen molar-refractivity contribution in [2.45, 2.75) is 18.5 Å². The second-order valence-corrected chi connectivity index (χ2v) is 8.85. The number of fused-ring (bicyclic) bond motifs is 1. The van der Waals surface area contributed by atoms with E-state index in [2.05, 4.69) is 20.5 Å². The van der Waals surface area contributed by atoms with Crippen molar-refractivity contribution in [1.29, 1.82) is 5.41 Å². The van der Waals surface area contributed by atoms with E-state index in [-0.39, 0.29) is 17.1 Å². The monoisotopic (exact) mass is 508 g/mol. The van der Waals surface area contributed by atoms with Gasteiger partial charge in [0, 0.05) is 18.3 Å². The maximum Gasteiger partial charge on any atom is 0.230 e. The predicted molar refractivity (Wildman–Crippen MR) is 137 cm³/mol. The minimum atomic E-state index is -0.135. The third-order valence-corrected chi connectivity index (χ3v) is 6.55. The zero-order valence-corrected chi connectivity index (χ0v) is 21.4. The lowest BCUT2D eigenvalue weighted by Crippen LogP contribution is -2.28. The smallest absolute Gasteiger partial charge is 0.230 e. The topological polar surface area (TPSA) is 127 Å². The minimum Gasteiger partial charge on any atom is -0.497 e. The molecule has 2 aromatic heterocycles. The standard InChI is InChI=1S/C25H28N6O4S/c1-15-22-23(26)31(17-6-5-7-18(13-17)33-2)25(28-24(22)30-29-15)36-14-21(32)27-11-10-16-8-9-19(34-3)20(12-16)35-4/h5-9,12-13,26H,10-11,14H2,1-4H3,(H,27,32)(H,29,30). The van der Waals surface area contributed by atoms with E-state index in [0.717, 1.165) is 11.3 Å². The largest absolute Gasteiger partial charge is 0.497 e. The second kappa shape index (κ2) is 11.2. The highest BCUT2D eigenvalue weighted by Gasteiger charge is 2.17. The molecule has 10 nitrogen and oxygen atoms in total. The van der Waals surface area contributed by atoms with E-state index in [4.69, 9.17) is 19.6 Å². The fraction of sp³-hybridized carbons (Fsp3) is 0.280. The molecule has 0 saturated heterocycles. The molecular formula is C25H28N6O4S. The Labute approximate surface area is 212 Å². The molecule has 0 unspecified atom stereocenters. The highest BCUT2D eigenvalue weighted by molar-refractivity contribution is 7.99. The van der Waals surface area contributed by atoms with Crippen molar-refractivity contribution in [3.8, 4) is 22.9 Å². The van der Waals surface area contributed by atoms with Gasteiger partial charge in [-0.2, -0.15) is 5.10 Å². The maximum atomic E-state index is 12.6. The molecule has 11 heteroatoms. The first-order valence-electron chi connectivity index (χ1n) is 11.2. The van der Waals surface area contributed by atoms with Crippen molar-refractivity contribution in [3.63, 3.8) is 0 Å². The Balaban J connectivity index is 1.49. The predicted octanol–water partition coefficient (Wildman–Crippen LogP) is 3.01. The number of aromatic amines is 1. The first-order valence-corrected chi connectivity index (χ1v) is 12.2. The van der Waals surface area contributed by atoms with Gasteiger partial charge >= 0.3 is 0 Å². The van der Waals surface area contributed by atoms with Crippen LogP contribution in [0.25, 0.3) is 16.7 Å². The van der Waals surface area contributed by atoms with Gasteiger partial charge in [-0.3, -0.25) is 19.9 Å². The first-order chi connectivity index (χ1) is 17.4. The van der Waals surface area contributed by atoms with E-state index in [1.165, 1.54) is 11.8 Å². The zero-order valence-electron chi connectivity index (χ0n) is 20.5. The molecule has 0 saturated carbocycles. The number of aryl methyl sites for hydroxylation is 1. The summed E-state index contributed by atoms with van der Waals surface area (Å²) < 4.78 is 17.7. The Morgan fingerprint density at radius 1 is 1.11 bits per heavy atom. The Morgan fingerprint density at radius 2 is 1.92 bits per heavy atom. The summed E-state index contributed by atoms with van der Waals surface area (Å²) in [7, 11) is 4.78. The van der Waals surface area contributed by atoms with Gasteiger partial charge in [-0.1, -0.05) is 23.9 Å². The number of nitrogens with zero attached hydrogens (tertiary/aromatic N) is 3. The molecule has 2 heterocycles. The van der Waals surface area contributed by atoms with Crippen LogP contribution in [0.2, 0.25) is 0 Å². The fourth-order valence-electron chi connectivity index (χ4n) is 3.78. The van der Waals surface area contributed by atoms with Gasteiger partial charge in [0.1, 0.15) is 11.2 Å². The number of aromatic nitrogens is 4. The summed E-state index contributed by atoms with van der Waals surface area (Å²) in [6, 6.07) is 13.1. The van der Waals surface area contributed by atoms with Crippen LogP contribution in [-0.2, 0) is 11.2 Å². The average molecular weight is 509 g/mol. The average Bonchev–Trinajstić information content (AvgIpc) is 3.27. The molecule has 0 fully saturated rings. The summed E-state index contributed by atoms with van der Waals surface area (Å²) in [6.07, 6.45) is 0.647. The number of hydrogen-bond donors (Lipinski definition) is 3. The van der Waals surface area contributed by atoms with Crippen molar-refractivity contribution in [1.82, 2.24) is 25.1 Å². The van der Waals surface area contributed by atoms with Gasteiger partial charge in [0.2, 0.25) is 5.91 Å². The van der Waals surface area contributed by atoms with E-state index in [1.807, 2.05) is 49.4 Å². The van der Waals surface area contributed by atoms with Crippen molar-refractivity contribution >= 4 is 28.7 Å². The lowest BCUT2D eigenvalue weighted by atomic mass is 10.1. The number of amides is 1. The van der Waals surface area contributed by atoms with Gasteiger partial charge in [0.25, 0.3) is 0 Å². The Kier molecular flexibility index (Phi) is 7.79. The normalized spacial score (nSPS) is 10.9. The molecule has 4 aromatic rings. The number of benzene rings is 2. The molecule has 1 amide bonds. The molecular weight excluding hydrogens is 480 g/mol. The van der Waals surface area contributed by atoms with E-state index in [0.29, 0.717) is 52.1 Å². The molecule has 0 aliphatic rings. The maximum absolute atomic E-state index is 12.6. The van der Waals surface area contributed by atoms with Gasteiger partial charge < -0.3 is 19.5 Å². The van der Waals surface area contributed by atoms with Gasteiger partial charge in [-0.15, -0.1) is 0 Å². The van der Waals surface area contributed by atoms with Crippen LogP contribution in [0, 0.1) is 12.3 Å². The lowest BCUT2D eigenvalue weighted by molar-refractivity contribution is -0.118. The summed E-state index contributed by atoms with van der Waals surface area (Å²) >= 11 is 1.25. The van der Waals surface area contributed by atoms with Crippen LogP contribution in [0.4, 0.5) is 0 Å². The first kappa shape index (κ1) is 25.1. The molecule has 4 rings (SSSR count). The summed E-state index contributed by atoms with van der Waals surface area (Å²) in [4.78, 5) is 17.3. The third-order valence-electron chi connectivity index (χ3n) is 5.61. The van der Waals surface area contributed by atoms with Gasteiger partial charge in [-0.05, 0) is 43.2 Å².